The molecule has 5 atom stereocenters. The molecule has 7 nitrogen and oxygen atoms in total. The Kier molecular flexibility index (Phi) is 6.40. The van der Waals surface area contributed by atoms with Gasteiger partial charge in [-0.1, -0.05) is 0 Å². The molecule has 1 aromatic carbocycles. The monoisotopic (exact) mass is 493 g/mol. The summed E-state index contributed by atoms with van der Waals surface area (Å²) in [6.45, 7) is 3.39. The number of aromatic nitrogens is 4. The Labute approximate surface area is 191 Å². The largest absolute Gasteiger partial charge is 0.416 e. The zero-order chi connectivity index (χ0) is 24.9. The molecule has 0 aliphatic carbocycles. The Morgan fingerprint density at radius 3 is 2.38 bits per heavy atom. The van der Waals surface area contributed by atoms with Crippen LogP contribution in [-0.4, -0.2) is 49.1 Å². The van der Waals surface area contributed by atoms with E-state index in [1.807, 2.05) is 6.92 Å². The van der Waals surface area contributed by atoms with Gasteiger partial charge in [0.05, 0.1) is 36.5 Å². The minimum atomic E-state index is -4.91. The molecule has 2 bridgehead atoms. The fourth-order valence-corrected chi connectivity index (χ4v) is 5.02. The third-order valence-electron chi connectivity index (χ3n) is 6.52. The number of aliphatic hydroxyl groups is 1. The molecular weight excluding hydrogens is 468 g/mol. The number of hydrogen-bond donors (Lipinski definition) is 2. The lowest BCUT2D eigenvalue weighted by atomic mass is 9.88. The van der Waals surface area contributed by atoms with Crippen molar-refractivity contribution in [2.75, 3.05) is 0 Å². The molecular formula is C21H25F6N5O2. The fraction of sp³-hybridized carbons (Fsp3) is 0.667. The van der Waals surface area contributed by atoms with Crippen molar-refractivity contribution in [3.8, 4) is 0 Å². The summed E-state index contributed by atoms with van der Waals surface area (Å²) < 4.78 is 86.4. The third-order valence-corrected chi connectivity index (χ3v) is 6.52. The minimum Gasteiger partial charge on any atom is -0.391 e. The van der Waals surface area contributed by atoms with E-state index < -0.39 is 41.2 Å². The SMILES string of the molecule is CC(O)Cn1nnnc1C1CC2(C)NC1CCC2OCc1cc(C(F)(F)F)cc(C(F)(F)F)c1. The van der Waals surface area contributed by atoms with Crippen LogP contribution in [0.3, 0.4) is 0 Å². The Balaban J connectivity index is 1.50. The summed E-state index contributed by atoms with van der Waals surface area (Å²) in [6.07, 6.45) is -9.07. The number of hydrogen-bond acceptors (Lipinski definition) is 6. The smallest absolute Gasteiger partial charge is 0.391 e. The summed E-state index contributed by atoms with van der Waals surface area (Å²) in [7, 11) is 0. The van der Waals surface area contributed by atoms with Crippen LogP contribution in [0.4, 0.5) is 26.3 Å². The van der Waals surface area contributed by atoms with E-state index in [0.717, 1.165) is 0 Å². The van der Waals surface area contributed by atoms with E-state index in [9.17, 15) is 31.4 Å². The molecule has 2 aliphatic heterocycles. The molecule has 34 heavy (non-hydrogen) atoms. The first-order valence-electron chi connectivity index (χ1n) is 10.9. The lowest BCUT2D eigenvalue weighted by Crippen LogP contribution is -2.54. The van der Waals surface area contributed by atoms with Crippen LogP contribution in [-0.2, 0) is 30.2 Å². The Morgan fingerprint density at radius 1 is 1.15 bits per heavy atom. The van der Waals surface area contributed by atoms with E-state index in [1.54, 1.807) is 11.6 Å². The molecule has 2 N–H and O–H groups in total. The highest BCUT2D eigenvalue weighted by molar-refractivity contribution is 5.33. The molecule has 2 aliphatic rings. The lowest BCUT2D eigenvalue weighted by molar-refractivity contribution is -0.143. The van der Waals surface area contributed by atoms with Gasteiger partial charge in [-0.15, -0.1) is 5.10 Å². The highest BCUT2D eigenvalue weighted by atomic mass is 19.4. The number of benzene rings is 1. The van der Waals surface area contributed by atoms with Crippen LogP contribution in [0.2, 0.25) is 0 Å². The van der Waals surface area contributed by atoms with E-state index in [4.69, 9.17) is 4.74 Å². The van der Waals surface area contributed by atoms with Gasteiger partial charge in [-0.25, -0.2) is 4.68 Å². The topological polar surface area (TPSA) is 85.1 Å². The molecule has 4 rings (SSSR count). The number of alkyl halides is 6. The second kappa shape index (κ2) is 8.76. The highest BCUT2D eigenvalue weighted by Gasteiger charge is 2.52. The van der Waals surface area contributed by atoms with Gasteiger partial charge in [0.25, 0.3) is 0 Å². The molecule has 0 amide bonds. The number of rotatable bonds is 6. The maximum atomic E-state index is 13.2. The van der Waals surface area contributed by atoms with E-state index in [-0.39, 0.29) is 36.7 Å². The fourth-order valence-electron chi connectivity index (χ4n) is 5.02. The lowest BCUT2D eigenvalue weighted by Gasteiger charge is -2.39. The summed E-state index contributed by atoms with van der Waals surface area (Å²) in [5.41, 5.74) is -3.48. The first-order valence-corrected chi connectivity index (χ1v) is 10.9. The van der Waals surface area contributed by atoms with Crippen LogP contribution in [0, 0.1) is 0 Å². The zero-order valence-corrected chi connectivity index (χ0v) is 18.5. The molecule has 188 valence electrons. The number of halogens is 6. The van der Waals surface area contributed by atoms with Crippen molar-refractivity contribution in [3.05, 3.63) is 40.7 Å². The quantitative estimate of drug-likeness (QED) is 0.598. The Hall–Kier alpha value is -2.25. The Bertz CT molecular complexity index is 992. The Morgan fingerprint density at radius 2 is 1.79 bits per heavy atom. The van der Waals surface area contributed by atoms with Gasteiger partial charge in [0.1, 0.15) is 0 Å². The average Bonchev–Trinajstić information content (AvgIpc) is 3.27. The van der Waals surface area contributed by atoms with Crippen LogP contribution in [0.15, 0.2) is 18.2 Å². The molecule has 0 saturated carbocycles. The molecule has 2 saturated heterocycles. The van der Waals surface area contributed by atoms with E-state index >= 15 is 0 Å². The van der Waals surface area contributed by atoms with Gasteiger partial charge in [0.2, 0.25) is 0 Å². The van der Waals surface area contributed by atoms with Gasteiger partial charge in [0, 0.05) is 17.5 Å². The van der Waals surface area contributed by atoms with Gasteiger partial charge in [-0.3, -0.25) is 0 Å². The zero-order valence-electron chi connectivity index (χ0n) is 18.5. The van der Waals surface area contributed by atoms with Gasteiger partial charge in [-0.05, 0) is 67.3 Å². The summed E-state index contributed by atoms with van der Waals surface area (Å²) in [4.78, 5) is 0. The molecule has 5 unspecified atom stereocenters. The minimum absolute atomic E-state index is 0.0361. The standard InChI is InChI=1S/C21H25F6N5O2/c1-11(33)9-32-18(29-30-31-32)15-8-19(2)17(4-3-16(15)28-19)34-10-12-5-13(20(22,23)24)7-14(6-12)21(25,26)27/h5-7,11,15-17,28,33H,3-4,8-10H2,1-2H3. The number of ether oxygens (including phenoxy) is 1. The number of aliphatic hydroxyl groups excluding tert-OH is 1. The third kappa shape index (κ3) is 5.05. The van der Waals surface area contributed by atoms with Crippen molar-refractivity contribution in [1.82, 2.24) is 25.5 Å². The highest BCUT2D eigenvalue weighted by Crippen LogP contribution is 2.45. The van der Waals surface area contributed by atoms with Crippen molar-refractivity contribution in [3.63, 3.8) is 0 Å². The van der Waals surface area contributed by atoms with Crippen molar-refractivity contribution in [2.45, 2.75) is 88.3 Å². The first-order chi connectivity index (χ1) is 15.8. The van der Waals surface area contributed by atoms with Crippen molar-refractivity contribution >= 4 is 0 Å². The van der Waals surface area contributed by atoms with Gasteiger partial charge in [0.15, 0.2) is 5.82 Å². The maximum Gasteiger partial charge on any atom is 0.416 e. The van der Waals surface area contributed by atoms with Crippen LogP contribution < -0.4 is 5.32 Å². The van der Waals surface area contributed by atoms with Crippen LogP contribution in [0.25, 0.3) is 0 Å². The predicted molar refractivity (Wildman–Crippen MR) is 106 cm³/mol. The normalized spacial score (nSPS) is 28.3. The molecule has 0 spiro atoms. The summed E-state index contributed by atoms with van der Waals surface area (Å²) in [5, 5.41) is 25.0. The molecule has 0 radical (unpaired) electrons. The predicted octanol–water partition coefficient (Wildman–Crippen LogP) is 3.67. The molecule has 13 heteroatoms. The van der Waals surface area contributed by atoms with Gasteiger partial charge < -0.3 is 15.2 Å². The second-order valence-electron chi connectivity index (χ2n) is 9.34. The van der Waals surface area contributed by atoms with Crippen LogP contribution in [0.5, 0.6) is 0 Å². The molecule has 1 aromatic heterocycles. The number of tetrazole rings is 1. The average molecular weight is 493 g/mol. The molecule has 2 fully saturated rings. The van der Waals surface area contributed by atoms with E-state index in [1.165, 1.54) is 0 Å². The van der Waals surface area contributed by atoms with Gasteiger partial charge >= 0.3 is 12.4 Å². The number of piperidine rings is 1. The number of nitrogens with zero attached hydrogens (tertiary/aromatic N) is 4. The van der Waals surface area contributed by atoms with Crippen molar-refractivity contribution < 1.29 is 36.2 Å². The van der Waals surface area contributed by atoms with Crippen molar-refractivity contribution in [1.29, 1.82) is 0 Å². The summed E-state index contributed by atoms with van der Waals surface area (Å²) in [5.74, 6) is 0.549. The van der Waals surface area contributed by atoms with E-state index in [2.05, 4.69) is 20.8 Å². The molecule has 3 heterocycles. The maximum absolute atomic E-state index is 13.2. The second-order valence-corrected chi connectivity index (χ2v) is 9.34. The summed E-state index contributed by atoms with van der Waals surface area (Å²) >= 11 is 0. The number of fused-ring (bicyclic) bond motifs is 2. The van der Waals surface area contributed by atoms with Gasteiger partial charge in [-0.2, -0.15) is 26.3 Å². The van der Waals surface area contributed by atoms with Crippen molar-refractivity contribution in [2.24, 2.45) is 0 Å². The first kappa shape index (κ1) is 24.9. The number of nitrogens with one attached hydrogen (secondary N) is 1. The molecule has 2 aromatic rings. The summed E-state index contributed by atoms with van der Waals surface area (Å²) in [6, 6.07) is 1.53. The van der Waals surface area contributed by atoms with E-state index in [0.29, 0.717) is 37.2 Å². The van der Waals surface area contributed by atoms with Crippen LogP contribution in [0.1, 0.15) is 61.5 Å². The van der Waals surface area contributed by atoms with Crippen LogP contribution >= 0.6 is 0 Å².